The van der Waals surface area contributed by atoms with E-state index >= 15 is 0 Å². The second-order valence-electron chi connectivity index (χ2n) is 2.64. The van der Waals surface area contributed by atoms with Crippen molar-refractivity contribution in [2.24, 2.45) is 0 Å². The first-order valence-electron chi connectivity index (χ1n) is 3.92. The summed E-state index contributed by atoms with van der Waals surface area (Å²) in [6.45, 7) is 1.84. The van der Waals surface area contributed by atoms with E-state index in [1.807, 2.05) is 0 Å². The van der Waals surface area contributed by atoms with Gasteiger partial charge in [0.25, 0.3) is 0 Å². The predicted molar refractivity (Wildman–Crippen MR) is 51.6 cm³/mol. The zero-order valence-corrected chi connectivity index (χ0v) is 8.67. The van der Waals surface area contributed by atoms with Crippen molar-refractivity contribution in [3.05, 3.63) is 5.82 Å². The molecule has 0 saturated heterocycles. The number of aromatic nitrogens is 2. The Balaban J connectivity index is 2.59. The average molecular weight is 217 g/mol. The highest BCUT2D eigenvalue weighted by atomic mass is 32.1. The molecule has 78 valence electrons. The van der Waals surface area contributed by atoms with E-state index in [-0.39, 0.29) is 6.61 Å². The van der Waals surface area contributed by atoms with Crippen LogP contribution in [0.1, 0.15) is 5.82 Å². The number of carboxylic acids is 1. The molecule has 0 spiro atoms. The summed E-state index contributed by atoms with van der Waals surface area (Å²) < 4.78 is 8.68. The van der Waals surface area contributed by atoms with Gasteiger partial charge in [0, 0.05) is 18.6 Å². The summed E-state index contributed by atoms with van der Waals surface area (Å²) in [5.74, 6) is -0.348. The third kappa shape index (κ3) is 2.93. The molecule has 0 radical (unpaired) electrons. The molecule has 0 aliphatic heterocycles. The van der Waals surface area contributed by atoms with E-state index in [1.54, 1.807) is 6.92 Å². The zero-order chi connectivity index (χ0) is 10.6. The molecule has 7 heteroatoms. The van der Waals surface area contributed by atoms with Crippen LogP contribution >= 0.6 is 11.5 Å². The van der Waals surface area contributed by atoms with Crippen molar-refractivity contribution in [1.29, 1.82) is 0 Å². The molecule has 1 atom stereocenters. The van der Waals surface area contributed by atoms with Crippen LogP contribution < -0.4 is 5.32 Å². The molecule has 0 aromatic carbocycles. The van der Waals surface area contributed by atoms with Crippen LogP contribution in [-0.2, 0) is 9.53 Å². The van der Waals surface area contributed by atoms with E-state index in [0.717, 1.165) is 11.5 Å². The number of ether oxygens (including phenoxy) is 1. The van der Waals surface area contributed by atoms with E-state index < -0.39 is 12.0 Å². The maximum Gasteiger partial charge on any atom is 0.328 e. The number of nitrogens with zero attached hydrogens (tertiary/aromatic N) is 2. The molecule has 1 unspecified atom stereocenters. The number of methoxy groups -OCH3 is 1. The summed E-state index contributed by atoms with van der Waals surface area (Å²) in [5.41, 5.74) is 0. The maximum absolute atomic E-state index is 10.7. The summed E-state index contributed by atoms with van der Waals surface area (Å²) in [5, 5.41) is 12.0. The normalized spacial score (nSPS) is 12.4. The molecule has 0 bridgehead atoms. The molecule has 14 heavy (non-hydrogen) atoms. The first kappa shape index (κ1) is 10.9. The number of aliphatic carboxylic acids is 1. The number of carbonyl (C=O) groups is 1. The first-order valence-corrected chi connectivity index (χ1v) is 4.69. The highest BCUT2D eigenvalue weighted by Gasteiger charge is 2.18. The number of hydrogen-bond donors (Lipinski definition) is 2. The Morgan fingerprint density at radius 1 is 1.79 bits per heavy atom. The molecular formula is C7H11N3O3S. The molecule has 0 aliphatic rings. The van der Waals surface area contributed by atoms with Gasteiger partial charge in [0.1, 0.15) is 11.9 Å². The maximum atomic E-state index is 10.7. The molecule has 2 N–H and O–H groups in total. The Morgan fingerprint density at radius 2 is 2.50 bits per heavy atom. The van der Waals surface area contributed by atoms with E-state index in [9.17, 15) is 4.79 Å². The van der Waals surface area contributed by atoms with Gasteiger partial charge in [0.15, 0.2) is 0 Å². The third-order valence-electron chi connectivity index (χ3n) is 1.46. The number of anilines is 1. The fourth-order valence-electron chi connectivity index (χ4n) is 0.846. The van der Waals surface area contributed by atoms with Crippen LogP contribution in [0.5, 0.6) is 0 Å². The standard InChI is InChI=1S/C7H11N3O3S/c1-4-8-7(14-10-4)9-5(3-13-2)6(11)12/h5H,3H2,1-2H3,(H,11,12)(H,8,9,10). The fourth-order valence-corrected chi connectivity index (χ4v) is 1.47. The first-order chi connectivity index (χ1) is 6.63. The Kier molecular flexibility index (Phi) is 3.78. The molecule has 1 aromatic heterocycles. The van der Waals surface area contributed by atoms with Crippen molar-refractivity contribution in [2.75, 3.05) is 19.0 Å². The lowest BCUT2D eigenvalue weighted by molar-refractivity contribution is -0.139. The van der Waals surface area contributed by atoms with Gasteiger partial charge in [0.05, 0.1) is 6.61 Å². The van der Waals surface area contributed by atoms with Crippen LogP contribution in [0.3, 0.4) is 0 Å². The predicted octanol–water partition coefficient (Wildman–Crippen LogP) is 0.358. The van der Waals surface area contributed by atoms with Crippen molar-refractivity contribution >= 4 is 22.6 Å². The van der Waals surface area contributed by atoms with Gasteiger partial charge in [0.2, 0.25) is 5.13 Å². The molecule has 6 nitrogen and oxygen atoms in total. The fraction of sp³-hybridized carbons (Fsp3) is 0.571. The van der Waals surface area contributed by atoms with Crippen LogP contribution in [0.25, 0.3) is 0 Å². The average Bonchev–Trinajstić information content (AvgIpc) is 2.50. The van der Waals surface area contributed by atoms with Crippen molar-refractivity contribution in [1.82, 2.24) is 9.36 Å². The van der Waals surface area contributed by atoms with Gasteiger partial charge < -0.3 is 15.2 Å². The largest absolute Gasteiger partial charge is 0.480 e. The quantitative estimate of drug-likeness (QED) is 0.740. The topological polar surface area (TPSA) is 84.3 Å². The molecule has 0 saturated carbocycles. The monoisotopic (exact) mass is 217 g/mol. The molecule has 1 aromatic rings. The zero-order valence-electron chi connectivity index (χ0n) is 7.85. The van der Waals surface area contributed by atoms with Gasteiger partial charge in [-0.25, -0.2) is 9.78 Å². The third-order valence-corrected chi connectivity index (χ3v) is 2.19. The Labute approximate surface area is 85.1 Å². The highest BCUT2D eigenvalue weighted by molar-refractivity contribution is 7.09. The number of hydrogen-bond acceptors (Lipinski definition) is 6. The Bertz CT molecular complexity index is 315. The SMILES string of the molecule is COCC(Nc1nc(C)ns1)C(=O)O. The summed E-state index contributed by atoms with van der Waals surface area (Å²) in [7, 11) is 1.45. The minimum absolute atomic E-state index is 0.0912. The minimum atomic E-state index is -0.972. The second kappa shape index (κ2) is 4.87. The lowest BCUT2D eigenvalue weighted by atomic mass is 10.3. The minimum Gasteiger partial charge on any atom is -0.480 e. The summed E-state index contributed by atoms with van der Waals surface area (Å²) in [6.07, 6.45) is 0. The van der Waals surface area contributed by atoms with Crippen molar-refractivity contribution in [3.8, 4) is 0 Å². The van der Waals surface area contributed by atoms with Crippen LogP contribution in [0, 0.1) is 6.92 Å². The summed E-state index contributed by atoms with van der Waals surface area (Å²) >= 11 is 1.13. The number of nitrogens with one attached hydrogen (secondary N) is 1. The van der Waals surface area contributed by atoms with E-state index in [4.69, 9.17) is 9.84 Å². The number of rotatable bonds is 5. The van der Waals surface area contributed by atoms with Crippen molar-refractivity contribution in [3.63, 3.8) is 0 Å². The van der Waals surface area contributed by atoms with Crippen LogP contribution in [0.2, 0.25) is 0 Å². The summed E-state index contributed by atoms with van der Waals surface area (Å²) in [4.78, 5) is 14.7. The van der Waals surface area contributed by atoms with E-state index in [2.05, 4.69) is 14.7 Å². The molecule has 1 rings (SSSR count). The van der Waals surface area contributed by atoms with E-state index in [0.29, 0.717) is 11.0 Å². The Hall–Kier alpha value is -1.21. The van der Waals surface area contributed by atoms with Gasteiger partial charge in [-0.2, -0.15) is 4.37 Å². The van der Waals surface area contributed by atoms with Gasteiger partial charge in [-0.1, -0.05) is 0 Å². The lowest BCUT2D eigenvalue weighted by Gasteiger charge is -2.11. The molecule has 0 amide bonds. The molecule has 0 fully saturated rings. The van der Waals surface area contributed by atoms with Gasteiger partial charge >= 0.3 is 5.97 Å². The van der Waals surface area contributed by atoms with Crippen LogP contribution in [-0.4, -0.2) is 40.2 Å². The van der Waals surface area contributed by atoms with Crippen molar-refractivity contribution in [2.45, 2.75) is 13.0 Å². The smallest absolute Gasteiger partial charge is 0.328 e. The molecule has 0 aliphatic carbocycles. The summed E-state index contributed by atoms with van der Waals surface area (Å²) in [6, 6.07) is -0.785. The Morgan fingerprint density at radius 3 is 2.93 bits per heavy atom. The lowest BCUT2D eigenvalue weighted by Crippen LogP contribution is -2.33. The van der Waals surface area contributed by atoms with Gasteiger partial charge in [-0.3, -0.25) is 0 Å². The van der Waals surface area contributed by atoms with Crippen LogP contribution in [0.4, 0.5) is 5.13 Å². The molecular weight excluding hydrogens is 206 g/mol. The molecule has 1 heterocycles. The second-order valence-corrected chi connectivity index (χ2v) is 3.39. The van der Waals surface area contributed by atoms with Gasteiger partial charge in [-0.05, 0) is 6.92 Å². The highest BCUT2D eigenvalue weighted by Crippen LogP contribution is 2.11. The van der Waals surface area contributed by atoms with Crippen molar-refractivity contribution < 1.29 is 14.6 Å². The van der Waals surface area contributed by atoms with Crippen LogP contribution in [0.15, 0.2) is 0 Å². The number of carboxylic acid groups (broad SMARTS) is 1. The van der Waals surface area contributed by atoms with Gasteiger partial charge in [-0.15, -0.1) is 0 Å². The number of aryl methyl sites for hydroxylation is 1. The van der Waals surface area contributed by atoms with E-state index in [1.165, 1.54) is 7.11 Å².